The Bertz CT molecular complexity index is 1180. The van der Waals surface area contributed by atoms with Crippen molar-refractivity contribution in [2.45, 2.75) is 45.3 Å². The zero-order chi connectivity index (χ0) is 24.2. The van der Waals surface area contributed by atoms with Gasteiger partial charge in [0.2, 0.25) is 5.91 Å². The molecule has 4 rings (SSSR count). The summed E-state index contributed by atoms with van der Waals surface area (Å²) in [6.07, 6.45) is 2.42. The van der Waals surface area contributed by atoms with Crippen LogP contribution in [0.5, 0.6) is 0 Å². The molecule has 35 heavy (non-hydrogen) atoms. The van der Waals surface area contributed by atoms with Gasteiger partial charge in [0.05, 0.1) is 12.1 Å². The van der Waals surface area contributed by atoms with E-state index in [0.29, 0.717) is 18.8 Å². The number of carbonyl (C=O) groups is 2. The number of hydrogen-bond donors (Lipinski definition) is 3. The van der Waals surface area contributed by atoms with Gasteiger partial charge in [-0.1, -0.05) is 50.2 Å². The molecule has 186 valence electrons. The number of carbonyl (C=O) groups excluding carboxylic acids is 2. The fourth-order valence-corrected chi connectivity index (χ4v) is 4.38. The van der Waals surface area contributed by atoms with E-state index >= 15 is 0 Å². The summed E-state index contributed by atoms with van der Waals surface area (Å²) < 4.78 is 0. The first kappa shape index (κ1) is 26.4. The lowest BCUT2D eigenvalue weighted by Crippen LogP contribution is -2.57. The first-order chi connectivity index (χ1) is 16.4. The summed E-state index contributed by atoms with van der Waals surface area (Å²) in [6, 6.07) is 17.3. The summed E-state index contributed by atoms with van der Waals surface area (Å²) >= 11 is 0. The van der Waals surface area contributed by atoms with Crippen LogP contribution in [-0.4, -0.2) is 48.5 Å². The van der Waals surface area contributed by atoms with Crippen LogP contribution in [0.1, 0.15) is 26.3 Å². The van der Waals surface area contributed by atoms with E-state index in [4.69, 9.17) is 0 Å². The lowest BCUT2D eigenvalue weighted by atomic mass is 10.0. The Morgan fingerprint density at radius 1 is 1.06 bits per heavy atom. The fraction of sp³-hybridized carbons (Fsp3) is 0.370. The number of hydrogen-bond acceptors (Lipinski definition) is 5. The highest BCUT2D eigenvalue weighted by molar-refractivity contribution is 6.01. The molecule has 1 aromatic heterocycles. The number of nitrogens with zero attached hydrogens (tertiary/aromatic N) is 2. The van der Waals surface area contributed by atoms with Crippen molar-refractivity contribution in [3.63, 3.8) is 0 Å². The molecule has 2 heterocycles. The molecule has 0 spiro atoms. The third kappa shape index (κ3) is 5.74. The molecule has 0 bridgehead atoms. The number of pyridine rings is 1. The highest BCUT2D eigenvalue weighted by Gasteiger charge is 2.39. The van der Waals surface area contributed by atoms with Crippen molar-refractivity contribution in [2.24, 2.45) is 5.92 Å². The van der Waals surface area contributed by atoms with E-state index in [1.165, 1.54) is 5.39 Å². The van der Waals surface area contributed by atoms with Gasteiger partial charge in [-0.2, -0.15) is 0 Å². The van der Waals surface area contributed by atoms with Crippen molar-refractivity contribution in [3.05, 3.63) is 66.4 Å². The van der Waals surface area contributed by atoms with Gasteiger partial charge in [-0.15, -0.1) is 12.4 Å². The standard InChI is InChI=1S/C27H33N5O2.ClH/c1-17(2)24(31-26(33)18(3)28-4)27(34)32-23(15-21-10-7-13-29-25(21)32)16-30-22-12-11-19-8-5-6-9-20(19)14-22;/h5-14,17-18,23-24,28,30H,15-16H2,1-4H3,(H,31,33);1H/t18-,23-,24-;/m0./s1. The van der Waals surface area contributed by atoms with Gasteiger partial charge in [0, 0.05) is 18.4 Å². The van der Waals surface area contributed by atoms with Crippen LogP contribution in [0.2, 0.25) is 0 Å². The largest absolute Gasteiger partial charge is 0.383 e. The van der Waals surface area contributed by atoms with Gasteiger partial charge >= 0.3 is 0 Å². The van der Waals surface area contributed by atoms with E-state index < -0.39 is 6.04 Å². The van der Waals surface area contributed by atoms with Gasteiger partial charge in [-0.05, 0) is 60.8 Å². The van der Waals surface area contributed by atoms with Crippen molar-refractivity contribution < 1.29 is 9.59 Å². The zero-order valence-electron chi connectivity index (χ0n) is 20.6. The number of rotatable bonds is 8. The van der Waals surface area contributed by atoms with Gasteiger partial charge in [-0.25, -0.2) is 4.98 Å². The average Bonchev–Trinajstić information content (AvgIpc) is 3.23. The van der Waals surface area contributed by atoms with Crippen LogP contribution in [-0.2, 0) is 16.0 Å². The van der Waals surface area contributed by atoms with Crippen molar-refractivity contribution in [3.8, 4) is 0 Å². The summed E-state index contributed by atoms with van der Waals surface area (Å²) in [6.45, 7) is 6.25. The molecule has 2 amide bonds. The van der Waals surface area contributed by atoms with Gasteiger partial charge in [0.1, 0.15) is 11.9 Å². The van der Waals surface area contributed by atoms with Crippen molar-refractivity contribution >= 4 is 46.5 Å². The molecule has 7 nitrogen and oxygen atoms in total. The number of amides is 2. The number of anilines is 2. The quantitative estimate of drug-likeness (QED) is 0.443. The van der Waals surface area contributed by atoms with E-state index in [-0.39, 0.29) is 42.2 Å². The second-order valence-electron chi connectivity index (χ2n) is 9.24. The third-order valence-electron chi connectivity index (χ3n) is 6.50. The first-order valence-electron chi connectivity index (χ1n) is 11.9. The molecule has 0 radical (unpaired) electrons. The Morgan fingerprint density at radius 2 is 1.80 bits per heavy atom. The van der Waals surface area contributed by atoms with Crippen LogP contribution >= 0.6 is 12.4 Å². The highest BCUT2D eigenvalue weighted by atomic mass is 35.5. The molecular formula is C27H34ClN5O2. The molecule has 0 saturated heterocycles. The van der Waals surface area contributed by atoms with Gasteiger partial charge in [0.25, 0.3) is 5.91 Å². The maximum absolute atomic E-state index is 13.8. The minimum Gasteiger partial charge on any atom is -0.383 e. The van der Waals surface area contributed by atoms with Crippen molar-refractivity contribution in [1.82, 2.24) is 15.6 Å². The molecule has 3 aromatic rings. The van der Waals surface area contributed by atoms with Crippen LogP contribution in [0.15, 0.2) is 60.8 Å². The lowest BCUT2D eigenvalue weighted by molar-refractivity contribution is -0.129. The number of nitrogens with one attached hydrogen (secondary N) is 3. The summed E-state index contributed by atoms with van der Waals surface area (Å²) in [5.74, 6) is 0.289. The van der Waals surface area contributed by atoms with Crippen LogP contribution in [0.4, 0.5) is 11.5 Å². The topological polar surface area (TPSA) is 86.4 Å². The lowest BCUT2D eigenvalue weighted by Gasteiger charge is -2.31. The molecule has 1 aliphatic rings. The monoisotopic (exact) mass is 495 g/mol. The molecule has 3 atom stereocenters. The third-order valence-corrected chi connectivity index (χ3v) is 6.50. The molecule has 8 heteroatoms. The van der Waals surface area contributed by atoms with Crippen LogP contribution in [0.25, 0.3) is 10.8 Å². The normalized spacial score (nSPS) is 16.4. The van der Waals surface area contributed by atoms with E-state index in [9.17, 15) is 9.59 Å². The van der Waals surface area contributed by atoms with Gasteiger partial charge < -0.3 is 16.0 Å². The number of likely N-dealkylation sites (N-methyl/N-ethyl adjacent to an activating group) is 1. The molecule has 0 unspecified atom stereocenters. The minimum atomic E-state index is -0.639. The maximum atomic E-state index is 13.8. The fourth-order valence-electron chi connectivity index (χ4n) is 4.38. The van der Waals surface area contributed by atoms with E-state index in [0.717, 1.165) is 16.6 Å². The summed E-state index contributed by atoms with van der Waals surface area (Å²) in [5, 5.41) is 11.8. The molecular weight excluding hydrogens is 462 g/mol. The number of benzene rings is 2. The van der Waals surface area contributed by atoms with Crippen molar-refractivity contribution in [2.75, 3.05) is 23.8 Å². The number of fused-ring (bicyclic) bond motifs is 2. The molecule has 3 N–H and O–H groups in total. The first-order valence-corrected chi connectivity index (χ1v) is 11.9. The van der Waals surface area contributed by atoms with E-state index in [2.05, 4.69) is 51.3 Å². The molecule has 0 aliphatic carbocycles. The van der Waals surface area contributed by atoms with E-state index in [1.807, 2.05) is 38.1 Å². The Kier molecular flexibility index (Phi) is 8.70. The SMILES string of the molecule is CN[C@@H](C)C(=O)N[C@H](C(=O)N1c2ncccc2C[C@H]1CNc1ccc2ccccc2c1)C(C)C.Cl. The number of halogens is 1. The van der Waals surface area contributed by atoms with Crippen molar-refractivity contribution in [1.29, 1.82) is 0 Å². The Morgan fingerprint density at radius 3 is 2.51 bits per heavy atom. The Balaban J connectivity index is 0.00000342. The highest BCUT2D eigenvalue weighted by Crippen LogP contribution is 2.31. The van der Waals surface area contributed by atoms with Gasteiger partial charge in [-0.3, -0.25) is 14.5 Å². The van der Waals surface area contributed by atoms with Gasteiger partial charge in [0.15, 0.2) is 0 Å². The molecule has 2 aromatic carbocycles. The number of aromatic nitrogens is 1. The second kappa shape index (κ2) is 11.5. The molecule has 0 saturated carbocycles. The second-order valence-corrected chi connectivity index (χ2v) is 9.24. The van der Waals surface area contributed by atoms with Crippen LogP contribution in [0.3, 0.4) is 0 Å². The zero-order valence-corrected chi connectivity index (χ0v) is 21.4. The summed E-state index contributed by atoms with van der Waals surface area (Å²) in [4.78, 5) is 32.7. The Hall–Kier alpha value is -3.16. The van der Waals surface area contributed by atoms with Crippen LogP contribution in [0, 0.1) is 5.92 Å². The smallest absolute Gasteiger partial charge is 0.251 e. The predicted molar refractivity (Wildman–Crippen MR) is 144 cm³/mol. The predicted octanol–water partition coefficient (Wildman–Crippen LogP) is 3.78. The minimum absolute atomic E-state index is 0. The van der Waals surface area contributed by atoms with E-state index in [1.54, 1.807) is 25.1 Å². The average molecular weight is 496 g/mol. The summed E-state index contributed by atoms with van der Waals surface area (Å²) in [5.41, 5.74) is 2.05. The molecule has 1 aliphatic heterocycles. The Labute approximate surface area is 213 Å². The molecule has 0 fully saturated rings. The summed E-state index contributed by atoms with van der Waals surface area (Å²) in [7, 11) is 1.73. The van der Waals surface area contributed by atoms with Crippen LogP contribution < -0.4 is 20.9 Å². The maximum Gasteiger partial charge on any atom is 0.251 e.